The van der Waals surface area contributed by atoms with Gasteiger partial charge in [-0.2, -0.15) is 0 Å². The fourth-order valence-electron chi connectivity index (χ4n) is 2.87. The number of benzene rings is 2. The quantitative estimate of drug-likeness (QED) is 0.497. The molecule has 0 spiro atoms. The Hall–Kier alpha value is -2.22. The van der Waals surface area contributed by atoms with E-state index in [2.05, 4.69) is 55.8 Å². The van der Waals surface area contributed by atoms with Gasteiger partial charge < -0.3 is 26.0 Å². The van der Waals surface area contributed by atoms with Crippen molar-refractivity contribution in [3.8, 4) is 0 Å². The topological polar surface area (TPSA) is 59.6 Å². The Labute approximate surface area is 184 Å². The lowest BCUT2D eigenvalue weighted by molar-refractivity contribution is 0.252. The van der Waals surface area contributed by atoms with Gasteiger partial charge in [-0.05, 0) is 86.5 Å². The molecule has 0 atom stereocenters. The number of hydrogen-bond donors (Lipinski definition) is 4. The number of nitrogens with one attached hydrogen (secondary N) is 3. The maximum absolute atomic E-state index is 9.42. The van der Waals surface area contributed by atoms with Crippen molar-refractivity contribution in [3.05, 3.63) is 58.7 Å². The molecule has 4 N–H and O–H groups in total. The maximum Gasteiger partial charge on any atom is 0.173 e. The van der Waals surface area contributed by atoms with Crippen molar-refractivity contribution in [2.45, 2.75) is 27.7 Å². The number of nitrogens with zero attached hydrogens (tertiary/aromatic N) is 1. The van der Waals surface area contributed by atoms with Gasteiger partial charge in [-0.25, -0.2) is 0 Å². The van der Waals surface area contributed by atoms with Crippen LogP contribution in [0.4, 0.5) is 11.4 Å². The summed E-state index contributed by atoms with van der Waals surface area (Å²) in [7, 11) is 0. The van der Waals surface area contributed by atoms with Gasteiger partial charge in [-0.1, -0.05) is 24.3 Å². The predicted molar refractivity (Wildman–Crippen MR) is 131 cm³/mol. The van der Waals surface area contributed by atoms with Crippen LogP contribution in [0.2, 0.25) is 0 Å². The minimum absolute atomic E-state index is 0.0276. The summed E-state index contributed by atoms with van der Waals surface area (Å²) in [6.45, 7) is 9.99. The molecule has 0 saturated carbocycles. The summed E-state index contributed by atoms with van der Waals surface area (Å²) in [4.78, 5) is 1.94. The molecule has 0 aliphatic heterocycles. The molecule has 0 aliphatic carbocycles. The Morgan fingerprint density at radius 2 is 1.41 bits per heavy atom. The first-order valence-electron chi connectivity index (χ1n) is 9.67. The largest absolute Gasteiger partial charge is 0.395 e. The Morgan fingerprint density at radius 1 is 0.862 bits per heavy atom. The predicted octanol–water partition coefficient (Wildman–Crippen LogP) is 3.90. The number of hydrogen-bond acceptors (Lipinski definition) is 3. The van der Waals surface area contributed by atoms with Gasteiger partial charge >= 0.3 is 0 Å². The first kappa shape index (κ1) is 23.1. The second-order valence-corrected chi connectivity index (χ2v) is 7.81. The molecule has 2 aromatic carbocycles. The van der Waals surface area contributed by atoms with Crippen LogP contribution in [0.5, 0.6) is 0 Å². The van der Waals surface area contributed by atoms with Crippen LogP contribution in [-0.4, -0.2) is 46.5 Å². The molecule has 0 amide bonds. The van der Waals surface area contributed by atoms with Gasteiger partial charge in [-0.15, -0.1) is 0 Å². The molecule has 0 unspecified atom stereocenters. The Morgan fingerprint density at radius 3 is 1.97 bits per heavy atom. The highest BCUT2D eigenvalue weighted by atomic mass is 32.1. The number of anilines is 2. The summed E-state index contributed by atoms with van der Waals surface area (Å²) in [6.07, 6.45) is 0. The summed E-state index contributed by atoms with van der Waals surface area (Å²) in [5.74, 6) is 0. The summed E-state index contributed by atoms with van der Waals surface area (Å²) < 4.78 is 0. The molecule has 5 nitrogen and oxygen atoms in total. The van der Waals surface area contributed by atoms with Crippen LogP contribution in [0, 0.1) is 27.7 Å². The van der Waals surface area contributed by atoms with Gasteiger partial charge in [0.2, 0.25) is 0 Å². The maximum atomic E-state index is 9.42. The van der Waals surface area contributed by atoms with E-state index in [1.165, 1.54) is 16.7 Å². The van der Waals surface area contributed by atoms with E-state index in [4.69, 9.17) is 24.4 Å². The molecule has 2 rings (SSSR count). The lowest BCUT2D eigenvalue weighted by Crippen LogP contribution is -2.43. The first-order chi connectivity index (χ1) is 13.8. The van der Waals surface area contributed by atoms with Gasteiger partial charge in [0, 0.05) is 31.0 Å². The Bertz CT molecular complexity index is 870. The van der Waals surface area contributed by atoms with Crippen molar-refractivity contribution in [1.29, 1.82) is 0 Å². The second-order valence-electron chi connectivity index (χ2n) is 7.02. The van der Waals surface area contributed by atoms with Gasteiger partial charge in [0.15, 0.2) is 10.2 Å². The Balaban J connectivity index is 1.89. The van der Waals surface area contributed by atoms with Crippen LogP contribution in [0.25, 0.3) is 0 Å². The highest BCUT2D eigenvalue weighted by molar-refractivity contribution is 7.80. The number of rotatable bonds is 7. The molecule has 0 fully saturated rings. The van der Waals surface area contributed by atoms with Crippen LogP contribution >= 0.6 is 24.4 Å². The van der Waals surface area contributed by atoms with E-state index >= 15 is 0 Å². The number of thiocarbonyl (C=S) groups is 2. The average Bonchev–Trinajstić information content (AvgIpc) is 2.68. The third kappa shape index (κ3) is 6.66. The summed E-state index contributed by atoms with van der Waals surface area (Å²) in [5.41, 5.74) is 6.75. The van der Waals surface area contributed by atoms with Gasteiger partial charge in [0.05, 0.1) is 6.61 Å². The molecule has 2 aromatic rings. The normalized spacial score (nSPS) is 10.4. The van der Waals surface area contributed by atoms with E-state index in [-0.39, 0.29) is 6.61 Å². The molecule has 0 saturated heterocycles. The number of aryl methyl sites for hydroxylation is 2. The van der Waals surface area contributed by atoms with Crippen molar-refractivity contribution in [1.82, 2.24) is 10.2 Å². The fourth-order valence-corrected chi connectivity index (χ4v) is 3.38. The van der Waals surface area contributed by atoms with Crippen molar-refractivity contribution in [2.24, 2.45) is 0 Å². The smallest absolute Gasteiger partial charge is 0.173 e. The summed E-state index contributed by atoms with van der Waals surface area (Å²) >= 11 is 11.0. The van der Waals surface area contributed by atoms with E-state index < -0.39 is 0 Å². The van der Waals surface area contributed by atoms with E-state index in [0.717, 1.165) is 16.9 Å². The van der Waals surface area contributed by atoms with E-state index in [9.17, 15) is 5.11 Å². The third-order valence-corrected chi connectivity index (χ3v) is 5.63. The van der Waals surface area contributed by atoms with Gasteiger partial charge in [0.1, 0.15) is 0 Å². The second kappa shape index (κ2) is 11.1. The van der Waals surface area contributed by atoms with E-state index in [1.807, 2.05) is 29.2 Å². The minimum Gasteiger partial charge on any atom is -0.395 e. The lowest BCUT2D eigenvalue weighted by Gasteiger charge is -2.26. The molecule has 0 aliphatic rings. The monoisotopic (exact) mass is 430 g/mol. The van der Waals surface area contributed by atoms with Crippen LogP contribution in [-0.2, 0) is 0 Å². The summed E-state index contributed by atoms with van der Waals surface area (Å²) in [5, 5.41) is 20.3. The molecule has 0 bridgehead atoms. The summed E-state index contributed by atoms with van der Waals surface area (Å²) in [6, 6.07) is 12.2. The lowest BCUT2D eigenvalue weighted by atomic mass is 10.1. The van der Waals surface area contributed by atoms with E-state index in [1.54, 1.807) is 0 Å². The van der Waals surface area contributed by atoms with Crippen LogP contribution < -0.4 is 16.0 Å². The van der Waals surface area contributed by atoms with Crippen molar-refractivity contribution >= 4 is 46.0 Å². The SMILES string of the molecule is Cc1cccc(NC(=S)NCCN(CCO)C(=S)Nc2cccc(C)c2C)c1C. The molecule has 29 heavy (non-hydrogen) atoms. The van der Waals surface area contributed by atoms with Crippen molar-refractivity contribution < 1.29 is 5.11 Å². The molecule has 156 valence electrons. The van der Waals surface area contributed by atoms with Crippen LogP contribution in [0.15, 0.2) is 36.4 Å². The van der Waals surface area contributed by atoms with Crippen LogP contribution in [0.1, 0.15) is 22.3 Å². The number of aliphatic hydroxyl groups excluding tert-OH is 1. The average molecular weight is 431 g/mol. The molecule has 7 heteroatoms. The Kier molecular flexibility index (Phi) is 8.82. The highest BCUT2D eigenvalue weighted by Crippen LogP contribution is 2.19. The zero-order chi connectivity index (χ0) is 21.4. The molecule has 0 radical (unpaired) electrons. The molecule has 0 aromatic heterocycles. The van der Waals surface area contributed by atoms with Gasteiger partial charge in [-0.3, -0.25) is 0 Å². The zero-order valence-electron chi connectivity index (χ0n) is 17.5. The van der Waals surface area contributed by atoms with Crippen molar-refractivity contribution in [3.63, 3.8) is 0 Å². The molecular weight excluding hydrogens is 400 g/mol. The standard InChI is InChI=1S/C22H30N4OS2/c1-15-7-5-9-19(17(15)3)24-21(28)23-11-12-26(13-14-27)22(29)25-20-10-6-8-16(2)18(20)4/h5-10,27H,11-14H2,1-4H3,(H,25,29)(H2,23,24,28). The van der Waals surface area contributed by atoms with Gasteiger partial charge in [0.25, 0.3) is 0 Å². The van der Waals surface area contributed by atoms with Crippen molar-refractivity contribution in [2.75, 3.05) is 36.9 Å². The third-order valence-electron chi connectivity index (χ3n) is 5.02. The first-order valence-corrected chi connectivity index (χ1v) is 10.5. The zero-order valence-corrected chi connectivity index (χ0v) is 19.1. The van der Waals surface area contributed by atoms with Crippen LogP contribution in [0.3, 0.4) is 0 Å². The molecule has 0 heterocycles. The fraction of sp³-hybridized carbons (Fsp3) is 0.364. The van der Waals surface area contributed by atoms with E-state index in [0.29, 0.717) is 29.9 Å². The minimum atomic E-state index is 0.0276. The number of aliphatic hydroxyl groups is 1. The molecular formula is C22H30N4OS2. The highest BCUT2D eigenvalue weighted by Gasteiger charge is 2.11.